The summed E-state index contributed by atoms with van der Waals surface area (Å²) in [5.74, 6) is -0.564. The summed E-state index contributed by atoms with van der Waals surface area (Å²) in [4.78, 5) is 17.3. The number of aromatic amines is 1. The van der Waals surface area contributed by atoms with Crippen LogP contribution in [-0.4, -0.2) is 17.8 Å². The largest absolute Gasteiger partial charge is 0.313 e. The molecule has 1 aromatic carbocycles. The fourth-order valence-electron chi connectivity index (χ4n) is 1.11. The van der Waals surface area contributed by atoms with Gasteiger partial charge in [-0.15, -0.1) is 0 Å². The quantitative estimate of drug-likeness (QED) is 0.564. The fourth-order valence-corrected chi connectivity index (χ4v) is 1.11. The van der Waals surface area contributed by atoms with E-state index < -0.39 is 5.82 Å². The number of rotatable bonds is 0. The molecular formula is C8H4BFN2O. The Hall–Kier alpha value is -1.65. The van der Waals surface area contributed by atoms with Crippen molar-refractivity contribution in [1.29, 1.82) is 0 Å². The lowest BCUT2D eigenvalue weighted by Crippen LogP contribution is -2.13. The van der Waals surface area contributed by atoms with Gasteiger partial charge in [0, 0.05) is 0 Å². The van der Waals surface area contributed by atoms with E-state index in [4.69, 9.17) is 7.85 Å². The molecule has 0 saturated heterocycles. The van der Waals surface area contributed by atoms with E-state index in [9.17, 15) is 9.18 Å². The smallest absolute Gasteiger partial charge is 0.258 e. The van der Waals surface area contributed by atoms with Crippen molar-refractivity contribution in [1.82, 2.24) is 9.97 Å². The molecule has 2 aromatic rings. The van der Waals surface area contributed by atoms with Crippen LogP contribution in [0.3, 0.4) is 0 Å². The molecule has 1 aromatic heterocycles. The van der Waals surface area contributed by atoms with Gasteiger partial charge in [0.15, 0.2) is 0 Å². The Bertz CT molecular complexity index is 523. The van der Waals surface area contributed by atoms with Gasteiger partial charge in [-0.05, 0) is 6.07 Å². The van der Waals surface area contributed by atoms with Crippen LogP contribution in [0, 0.1) is 5.82 Å². The Labute approximate surface area is 74.0 Å². The third kappa shape index (κ3) is 1.22. The van der Waals surface area contributed by atoms with Crippen LogP contribution in [0.25, 0.3) is 10.9 Å². The maximum Gasteiger partial charge on any atom is 0.258 e. The van der Waals surface area contributed by atoms with E-state index in [-0.39, 0.29) is 11.0 Å². The molecular weight excluding hydrogens is 170 g/mol. The van der Waals surface area contributed by atoms with E-state index >= 15 is 0 Å². The summed E-state index contributed by atoms with van der Waals surface area (Å²) >= 11 is 0. The lowest BCUT2D eigenvalue weighted by molar-refractivity contribution is 0.637. The van der Waals surface area contributed by atoms with Gasteiger partial charge in [-0.2, -0.15) is 0 Å². The van der Waals surface area contributed by atoms with Crippen molar-refractivity contribution < 1.29 is 4.39 Å². The molecule has 5 heteroatoms. The van der Waals surface area contributed by atoms with Gasteiger partial charge in [0.1, 0.15) is 13.7 Å². The molecule has 62 valence electrons. The number of hydrogen-bond acceptors (Lipinski definition) is 2. The molecule has 1 N–H and O–H groups in total. The number of H-pyrrole nitrogens is 1. The minimum atomic E-state index is -0.564. The minimum Gasteiger partial charge on any atom is -0.313 e. The van der Waals surface area contributed by atoms with Crippen molar-refractivity contribution in [2.75, 3.05) is 0 Å². The number of hydrogen-bond donors (Lipinski definition) is 1. The summed E-state index contributed by atoms with van der Waals surface area (Å²) in [5.41, 5.74) is -0.0712. The Morgan fingerprint density at radius 1 is 1.46 bits per heavy atom. The van der Waals surface area contributed by atoms with Crippen LogP contribution in [-0.2, 0) is 0 Å². The molecule has 0 fully saturated rings. The average Bonchev–Trinajstić information content (AvgIpc) is 2.09. The average molecular weight is 174 g/mol. The molecule has 2 rings (SSSR count). The zero-order chi connectivity index (χ0) is 9.42. The topological polar surface area (TPSA) is 45.8 Å². The van der Waals surface area contributed by atoms with Gasteiger partial charge in [0.25, 0.3) is 5.56 Å². The van der Waals surface area contributed by atoms with Crippen LogP contribution in [0.4, 0.5) is 4.39 Å². The molecule has 0 bridgehead atoms. The van der Waals surface area contributed by atoms with Gasteiger partial charge in [-0.1, -0.05) is 11.5 Å². The van der Waals surface area contributed by atoms with E-state index in [1.807, 2.05) is 0 Å². The van der Waals surface area contributed by atoms with Gasteiger partial charge in [0.05, 0.1) is 17.2 Å². The molecule has 3 nitrogen and oxygen atoms in total. The van der Waals surface area contributed by atoms with E-state index in [0.29, 0.717) is 10.9 Å². The van der Waals surface area contributed by atoms with Crippen molar-refractivity contribution >= 4 is 24.2 Å². The highest BCUT2D eigenvalue weighted by Gasteiger charge is 2.03. The van der Waals surface area contributed by atoms with Gasteiger partial charge < -0.3 is 4.98 Å². The molecule has 0 spiro atoms. The summed E-state index contributed by atoms with van der Waals surface area (Å²) in [5, 5.41) is 0.293. The maximum absolute atomic E-state index is 12.9. The highest BCUT2D eigenvalue weighted by Crippen LogP contribution is 2.04. The number of nitrogens with one attached hydrogen (secondary N) is 1. The molecule has 0 aliphatic carbocycles. The highest BCUT2D eigenvalue weighted by molar-refractivity contribution is 6.33. The van der Waals surface area contributed by atoms with Gasteiger partial charge in [0.2, 0.25) is 0 Å². The molecule has 0 atom stereocenters. The third-order valence-electron chi connectivity index (χ3n) is 1.76. The van der Waals surface area contributed by atoms with Gasteiger partial charge >= 0.3 is 0 Å². The number of halogens is 1. The molecule has 1 heterocycles. The lowest BCUT2D eigenvalue weighted by atomic mass is 9.94. The van der Waals surface area contributed by atoms with Crippen molar-refractivity contribution in [3.8, 4) is 0 Å². The predicted molar refractivity (Wildman–Crippen MR) is 47.7 cm³/mol. The maximum atomic E-state index is 12.9. The first-order valence-corrected chi connectivity index (χ1v) is 3.61. The van der Waals surface area contributed by atoms with Crippen molar-refractivity contribution in [2.24, 2.45) is 0 Å². The zero-order valence-corrected chi connectivity index (χ0v) is 6.54. The fraction of sp³-hybridized carbons (Fsp3) is 0. The zero-order valence-electron chi connectivity index (χ0n) is 6.54. The van der Waals surface area contributed by atoms with Crippen molar-refractivity contribution in [2.45, 2.75) is 0 Å². The summed E-state index contributed by atoms with van der Waals surface area (Å²) in [6, 6.07) is 2.41. The number of aromatic nitrogens is 2. The number of fused-ring (bicyclic) bond motifs is 1. The molecule has 0 amide bonds. The van der Waals surface area contributed by atoms with E-state index in [0.717, 1.165) is 6.07 Å². The standard InChI is InChI=1S/C8H4BFN2O/c9-5-1-4-7(2-6(5)10)11-3-12-8(4)13/h1-3H,(H,11,12,13). The predicted octanol–water partition coefficient (Wildman–Crippen LogP) is -0.144. The molecule has 0 aliphatic heterocycles. The lowest BCUT2D eigenvalue weighted by Gasteiger charge is -1.98. The van der Waals surface area contributed by atoms with Crippen LogP contribution in [0.5, 0.6) is 0 Å². The first kappa shape index (κ1) is 7.98. The van der Waals surface area contributed by atoms with Crippen LogP contribution >= 0.6 is 0 Å². The SMILES string of the molecule is [B]c1cc2c(=O)[nH]cnc2cc1F. The Balaban J connectivity index is 2.97. The summed E-state index contributed by atoms with van der Waals surface area (Å²) in [6.45, 7) is 0. The van der Waals surface area contributed by atoms with Crippen LogP contribution in [0.15, 0.2) is 23.3 Å². The summed E-state index contributed by atoms with van der Waals surface area (Å²) in [6.07, 6.45) is 1.22. The Morgan fingerprint density at radius 3 is 3.00 bits per heavy atom. The Kier molecular flexibility index (Phi) is 1.65. The first-order chi connectivity index (χ1) is 6.18. The molecule has 2 radical (unpaired) electrons. The third-order valence-corrected chi connectivity index (χ3v) is 1.76. The summed E-state index contributed by atoms with van der Waals surface area (Å²) in [7, 11) is 5.30. The molecule has 0 aliphatic rings. The van der Waals surface area contributed by atoms with E-state index in [1.54, 1.807) is 0 Å². The van der Waals surface area contributed by atoms with Crippen LogP contribution < -0.4 is 11.0 Å². The number of benzene rings is 1. The molecule has 0 saturated carbocycles. The molecule has 0 unspecified atom stereocenters. The van der Waals surface area contributed by atoms with Crippen molar-refractivity contribution in [3.63, 3.8) is 0 Å². The van der Waals surface area contributed by atoms with E-state index in [2.05, 4.69) is 9.97 Å². The first-order valence-electron chi connectivity index (χ1n) is 3.61. The second kappa shape index (κ2) is 2.69. The summed E-state index contributed by atoms with van der Waals surface area (Å²) < 4.78 is 12.9. The normalized spacial score (nSPS) is 10.5. The van der Waals surface area contributed by atoms with E-state index in [1.165, 1.54) is 12.4 Å². The monoisotopic (exact) mass is 174 g/mol. The number of nitrogens with zero attached hydrogens (tertiary/aromatic N) is 1. The minimum absolute atomic E-state index is 0.0500. The van der Waals surface area contributed by atoms with Gasteiger partial charge in [-0.3, -0.25) is 4.79 Å². The Morgan fingerprint density at radius 2 is 2.23 bits per heavy atom. The van der Waals surface area contributed by atoms with Crippen molar-refractivity contribution in [3.05, 3.63) is 34.6 Å². The van der Waals surface area contributed by atoms with Gasteiger partial charge in [-0.25, -0.2) is 9.37 Å². The second-order valence-electron chi connectivity index (χ2n) is 2.62. The second-order valence-corrected chi connectivity index (χ2v) is 2.62. The molecule has 13 heavy (non-hydrogen) atoms. The van der Waals surface area contributed by atoms with Crippen LogP contribution in [0.2, 0.25) is 0 Å². The highest BCUT2D eigenvalue weighted by atomic mass is 19.1. The van der Waals surface area contributed by atoms with Crippen LogP contribution in [0.1, 0.15) is 0 Å².